The Bertz CT molecular complexity index is 272. The third kappa shape index (κ3) is 12.7. The number of hydrogen-bond acceptors (Lipinski definition) is 6. The first-order chi connectivity index (χ1) is 9.82. The fraction of sp³-hybridized carbons (Fsp3) is 0.929. The Morgan fingerprint density at radius 3 is 2.33 bits per heavy atom. The summed E-state index contributed by atoms with van der Waals surface area (Å²) in [4.78, 5) is 14.1. The molecule has 0 saturated heterocycles. The van der Waals surface area contributed by atoms with E-state index < -0.39 is 12.3 Å². The van der Waals surface area contributed by atoms with Gasteiger partial charge in [0.05, 0.1) is 6.04 Å². The molecule has 0 aromatic heterocycles. The number of nitrogens with two attached hydrogens (primary N) is 3. The van der Waals surface area contributed by atoms with Crippen LogP contribution in [0.5, 0.6) is 0 Å². The smallest absolute Gasteiger partial charge is 0.237 e. The fourth-order valence-corrected chi connectivity index (χ4v) is 2.02. The van der Waals surface area contributed by atoms with Crippen molar-refractivity contribution in [2.45, 2.75) is 57.4 Å². The van der Waals surface area contributed by atoms with Crippen molar-refractivity contribution in [3.63, 3.8) is 0 Å². The van der Waals surface area contributed by atoms with Crippen molar-refractivity contribution in [2.75, 3.05) is 27.2 Å². The van der Waals surface area contributed by atoms with Crippen LogP contribution in [0.25, 0.3) is 0 Å². The van der Waals surface area contributed by atoms with Crippen molar-refractivity contribution in [2.24, 2.45) is 17.2 Å². The molecule has 7 nitrogen and oxygen atoms in total. The normalized spacial score (nSPS) is 14.5. The van der Waals surface area contributed by atoms with Crippen LogP contribution in [-0.2, 0) is 4.79 Å². The lowest BCUT2D eigenvalue weighted by molar-refractivity contribution is -0.123. The van der Waals surface area contributed by atoms with E-state index in [-0.39, 0.29) is 11.9 Å². The van der Waals surface area contributed by atoms with Gasteiger partial charge in [-0.3, -0.25) is 10.1 Å². The summed E-state index contributed by atoms with van der Waals surface area (Å²) in [5.74, 6) is -0.0767. The van der Waals surface area contributed by atoms with Gasteiger partial charge in [0.1, 0.15) is 6.29 Å². The quantitative estimate of drug-likeness (QED) is 0.236. The van der Waals surface area contributed by atoms with Crippen molar-refractivity contribution in [1.29, 1.82) is 0 Å². The highest BCUT2D eigenvalue weighted by Crippen LogP contribution is 2.02. The molecule has 0 saturated carbocycles. The van der Waals surface area contributed by atoms with E-state index in [1.165, 1.54) is 0 Å². The van der Waals surface area contributed by atoms with Gasteiger partial charge >= 0.3 is 0 Å². The molecule has 8 N–H and O–H groups in total. The predicted octanol–water partition coefficient (Wildman–Crippen LogP) is -0.879. The molecule has 126 valence electrons. The van der Waals surface area contributed by atoms with E-state index in [1.807, 2.05) is 6.92 Å². The van der Waals surface area contributed by atoms with E-state index in [0.29, 0.717) is 13.0 Å². The van der Waals surface area contributed by atoms with Crippen LogP contribution in [0.4, 0.5) is 0 Å². The minimum absolute atomic E-state index is 0.0767. The Kier molecular flexibility index (Phi) is 11.5. The van der Waals surface area contributed by atoms with Gasteiger partial charge in [0.2, 0.25) is 5.91 Å². The largest absolute Gasteiger partial charge is 0.352 e. The first-order valence-electron chi connectivity index (χ1n) is 7.78. The van der Waals surface area contributed by atoms with Crippen LogP contribution in [0.3, 0.4) is 0 Å². The standard InChI is InChI=1S/C14H34N6O/c1-11(7-4-5-10-20(2)3)19-13(21)12(15)8-6-9-18-14(16)17/h11-12,14,18H,4-10,15-17H2,1-3H3,(H,19,21)/t11-,12+/m1/s1. The number of hydrogen-bond donors (Lipinski definition) is 5. The van der Waals surface area contributed by atoms with Gasteiger partial charge in [0.25, 0.3) is 0 Å². The van der Waals surface area contributed by atoms with E-state index in [0.717, 1.165) is 32.2 Å². The highest BCUT2D eigenvalue weighted by atomic mass is 16.2. The molecule has 21 heavy (non-hydrogen) atoms. The Labute approximate surface area is 129 Å². The molecule has 0 bridgehead atoms. The van der Waals surface area contributed by atoms with E-state index in [2.05, 4.69) is 29.6 Å². The average Bonchev–Trinajstić information content (AvgIpc) is 2.39. The average molecular weight is 302 g/mol. The van der Waals surface area contributed by atoms with Crippen LogP contribution < -0.4 is 27.8 Å². The first kappa shape index (κ1) is 20.3. The number of carbonyl (C=O) groups excluding carboxylic acids is 1. The fourth-order valence-electron chi connectivity index (χ4n) is 2.02. The van der Waals surface area contributed by atoms with Crippen LogP contribution >= 0.6 is 0 Å². The second-order valence-electron chi connectivity index (χ2n) is 5.94. The van der Waals surface area contributed by atoms with E-state index >= 15 is 0 Å². The SMILES string of the molecule is C[C@H](CCCCN(C)C)NC(=O)[C@@H](N)CCCNC(N)N. The van der Waals surface area contributed by atoms with Crippen molar-refractivity contribution < 1.29 is 4.79 Å². The maximum absolute atomic E-state index is 11.9. The summed E-state index contributed by atoms with van der Waals surface area (Å²) >= 11 is 0. The minimum atomic E-state index is -0.516. The summed E-state index contributed by atoms with van der Waals surface area (Å²) in [6.45, 7) is 3.77. The van der Waals surface area contributed by atoms with Crippen molar-refractivity contribution in [1.82, 2.24) is 15.5 Å². The number of nitrogens with zero attached hydrogens (tertiary/aromatic N) is 1. The first-order valence-corrected chi connectivity index (χ1v) is 7.78. The monoisotopic (exact) mass is 302 g/mol. The zero-order valence-corrected chi connectivity index (χ0v) is 13.8. The topological polar surface area (TPSA) is 122 Å². The van der Waals surface area contributed by atoms with Crippen molar-refractivity contribution >= 4 is 5.91 Å². The molecule has 0 radical (unpaired) electrons. The second kappa shape index (κ2) is 11.9. The molecular formula is C14H34N6O. The maximum Gasteiger partial charge on any atom is 0.237 e. The summed E-state index contributed by atoms with van der Waals surface area (Å²) in [6, 6.07) is -0.300. The summed E-state index contributed by atoms with van der Waals surface area (Å²) in [5, 5.41) is 5.86. The molecule has 0 rings (SSSR count). The highest BCUT2D eigenvalue weighted by Gasteiger charge is 2.15. The molecule has 0 aromatic rings. The molecule has 0 aliphatic carbocycles. The van der Waals surface area contributed by atoms with Crippen LogP contribution in [0.2, 0.25) is 0 Å². The third-order valence-electron chi connectivity index (χ3n) is 3.29. The molecule has 0 heterocycles. The Hall–Kier alpha value is -0.730. The van der Waals surface area contributed by atoms with Crippen LogP contribution in [-0.4, -0.2) is 56.4 Å². The molecule has 0 fully saturated rings. The lowest BCUT2D eigenvalue weighted by atomic mass is 10.1. The van der Waals surface area contributed by atoms with Crippen molar-refractivity contribution in [3.05, 3.63) is 0 Å². The highest BCUT2D eigenvalue weighted by molar-refractivity contribution is 5.81. The van der Waals surface area contributed by atoms with Gasteiger partial charge < -0.3 is 27.4 Å². The molecular weight excluding hydrogens is 268 g/mol. The zero-order chi connectivity index (χ0) is 16.3. The number of carbonyl (C=O) groups is 1. The lowest BCUT2D eigenvalue weighted by Gasteiger charge is -2.18. The Morgan fingerprint density at radius 2 is 1.76 bits per heavy atom. The van der Waals surface area contributed by atoms with Gasteiger partial charge in [-0.05, 0) is 59.8 Å². The summed E-state index contributed by atoms with van der Waals surface area (Å²) < 4.78 is 0. The van der Waals surface area contributed by atoms with Gasteiger partial charge in [0.15, 0.2) is 0 Å². The van der Waals surface area contributed by atoms with Gasteiger partial charge in [0, 0.05) is 6.04 Å². The summed E-state index contributed by atoms with van der Waals surface area (Å²) in [5.41, 5.74) is 16.6. The molecule has 0 aromatic carbocycles. The number of unbranched alkanes of at least 4 members (excludes halogenated alkanes) is 1. The summed E-state index contributed by atoms with van der Waals surface area (Å²) in [7, 11) is 4.13. The summed E-state index contributed by atoms with van der Waals surface area (Å²) in [6.07, 6.45) is 4.11. The zero-order valence-electron chi connectivity index (χ0n) is 13.8. The molecule has 0 aliphatic heterocycles. The van der Waals surface area contributed by atoms with E-state index in [9.17, 15) is 4.79 Å². The number of amides is 1. The molecule has 7 heteroatoms. The van der Waals surface area contributed by atoms with Gasteiger partial charge in [-0.25, -0.2) is 0 Å². The molecule has 2 atom stereocenters. The number of nitrogens with one attached hydrogen (secondary N) is 2. The van der Waals surface area contributed by atoms with Gasteiger partial charge in [-0.1, -0.05) is 6.42 Å². The van der Waals surface area contributed by atoms with Crippen LogP contribution in [0.15, 0.2) is 0 Å². The van der Waals surface area contributed by atoms with Crippen molar-refractivity contribution in [3.8, 4) is 0 Å². The molecule has 0 aliphatic rings. The van der Waals surface area contributed by atoms with E-state index in [1.54, 1.807) is 0 Å². The molecule has 0 unspecified atom stereocenters. The van der Waals surface area contributed by atoms with Crippen LogP contribution in [0.1, 0.15) is 39.0 Å². The minimum Gasteiger partial charge on any atom is -0.352 e. The predicted molar refractivity (Wildman–Crippen MR) is 87.4 cm³/mol. The Balaban J connectivity index is 3.69. The molecule has 0 spiro atoms. The third-order valence-corrected chi connectivity index (χ3v) is 3.29. The van der Waals surface area contributed by atoms with Crippen LogP contribution in [0, 0.1) is 0 Å². The van der Waals surface area contributed by atoms with Gasteiger partial charge in [-0.15, -0.1) is 0 Å². The second-order valence-corrected chi connectivity index (χ2v) is 5.94. The van der Waals surface area contributed by atoms with Gasteiger partial charge in [-0.2, -0.15) is 0 Å². The Morgan fingerprint density at radius 1 is 1.10 bits per heavy atom. The maximum atomic E-state index is 11.9. The molecule has 1 amide bonds. The lowest BCUT2D eigenvalue weighted by Crippen LogP contribution is -2.47. The number of rotatable bonds is 12. The van der Waals surface area contributed by atoms with E-state index in [4.69, 9.17) is 17.2 Å².